The lowest BCUT2D eigenvalue weighted by molar-refractivity contribution is 0.274. The molecule has 0 radical (unpaired) electrons. The molecule has 106 valence electrons. The summed E-state index contributed by atoms with van der Waals surface area (Å²) < 4.78 is 0. The lowest BCUT2D eigenvalue weighted by Crippen LogP contribution is -2.37. The quantitative estimate of drug-likeness (QED) is 0.829. The summed E-state index contributed by atoms with van der Waals surface area (Å²) in [6, 6.07) is 9.52. The summed E-state index contributed by atoms with van der Waals surface area (Å²) in [5.74, 6) is 1.52. The molecule has 1 nitrogen and oxygen atoms in total. The molecule has 0 saturated carbocycles. The van der Waals surface area contributed by atoms with E-state index < -0.39 is 0 Å². The summed E-state index contributed by atoms with van der Waals surface area (Å²) in [6.07, 6.45) is 2.58. The highest BCUT2D eigenvalue weighted by Crippen LogP contribution is 2.41. The van der Waals surface area contributed by atoms with Gasteiger partial charge < -0.3 is 5.32 Å². The molecular formula is C17H27NS. The van der Waals surface area contributed by atoms with Crippen LogP contribution in [0.4, 0.5) is 0 Å². The van der Waals surface area contributed by atoms with E-state index in [1.807, 2.05) is 0 Å². The number of nitrogens with one attached hydrogen (secondary N) is 1. The molecule has 1 aromatic rings. The molecule has 1 aromatic carbocycles. The minimum atomic E-state index is 0.620. The number of hydrogen-bond acceptors (Lipinski definition) is 2. The molecule has 0 fully saturated rings. The molecule has 0 amide bonds. The SMILES string of the molecule is CCNC(C)C(CC1Cc2ccccc2S1)C(C)C. The van der Waals surface area contributed by atoms with Crippen molar-refractivity contribution >= 4 is 11.8 Å². The molecule has 3 atom stereocenters. The van der Waals surface area contributed by atoms with Gasteiger partial charge in [-0.2, -0.15) is 0 Å². The number of benzene rings is 1. The molecule has 1 N–H and O–H groups in total. The van der Waals surface area contributed by atoms with E-state index in [4.69, 9.17) is 0 Å². The summed E-state index contributed by atoms with van der Waals surface area (Å²) in [5, 5.41) is 4.38. The lowest BCUT2D eigenvalue weighted by Gasteiger charge is -2.30. The molecule has 1 aliphatic rings. The highest BCUT2D eigenvalue weighted by molar-refractivity contribution is 8.00. The molecule has 2 rings (SSSR count). The Kier molecular flexibility index (Phi) is 5.35. The third-order valence-corrected chi connectivity index (χ3v) is 5.62. The van der Waals surface area contributed by atoms with Crippen molar-refractivity contribution < 1.29 is 0 Å². The van der Waals surface area contributed by atoms with Gasteiger partial charge in [0, 0.05) is 16.2 Å². The maximum absolute atomic E-state index is 3.61. The van der Waals surface area contributed by atoms with Gasteiger partial charge in [-0.15, -0.1) is 11.8 Å². The first-order valence-corrected chi connectivity index (χ1v) is 8.47. The average Bonchev–Trinajstić information content (AvgIpc) is 2.78. The fourth-order valence-corrected chi connectivity index (χ4v) is 4.62. The zero-order valence-corrected chi connectivity index (χ0v) is 13.5. The first kappa shape index (κ1) is 14.9. The summed E-state index contributed by atoms with van der Waals surface area (Å²) in [6.45, 7) is 10.4. The van der Waals surface area contributed by atoms with Crippen molar-refractivity contribution in [2.45, 2.75) is 56.7 Å². The number of hydrogen-bond donors (Lipinski definition) is 1. The summed E-state index contributed by atoms with van der Waals surface area (Å²) in [5.41, 5.74) is 1.55. The Labute approximate surface area is 122 Å². The second kappa shape index (κ2) is 6.81. The molecule has 0 aliphatic carbocycles. The van der Waals surface area contributed by atoms with E-state index in [1.165, 1.54) is 17.7 Å². The monoisotopic (exact) mass is 277 g/mol. The van der Waals surface area contributed by atoms with Crippen LogP contribution >= 0.6 is 11.8 Å². The number of thioether (sulfide) groups is 1. The second-order valence-corrected chi connectivity index (χ2v) is 7.38. The lowest BCUT2D eigenvalue weighted by atomic mass is 9.84. The van der Waals surface area contributed by atoms with E-state index in [0.717, 1.165) is 23.6 Å². The summed E-state index contributed by atoms with van der Waals surface area (Å²) in [4.78, 5) is 1.51. The summed E-state index contributed by atoms with van der Waals surface area (Å²) >= 11 is 2.09. The van der Waals surface area contributed by atoms with Gasteiger partial charge in [-0.05, 0) is 49.8 Å². The van der Waals surface area contributed by atoms with E-state index in [1.54, 1.807) is 5.56 Å². The van der Waals surface area contributed by atoms with E-state index in [2.05, 4.69) is 69.0 Å². The van der Waals surface area contributed by atoms with Gasteiger partial charge in [0.2, 0.25) is 0 Å². The standard InChI is InChI=1S/C17H27NS/c1-5-18-13(4)16(12(2)3)11-15-10-14-8-6-7-9-17(14)19-15/h6-9,12-13,15-16,18H,5,10-11H2,1-4H3. The van der Waals surface area contributed by atoms with E-state index in [9.17, 15) is 0 Å². The molecule has 3 unspecified atom stereocenters. The summed E-state index contributed by atoms with van der Waals surface area (Å²) in [7, 11) is 0. The highest BCUT2D eigenvalue weighted by Gasteiger charge is 2.28. The second-order valence-electron chi connectivity index (χ2n) is 6.04. The van der Waals surface area contributed by atoms with E-state index in [-0.39, 0.29) is 0 Å². The third-order valence-electron chi connectivity index (χ3n) is 4.27. The van der Waals surface area contributed by atoms with Crippen LogP contribution in [-0.4, -0.2) is 17.8 Å². The van der Waals surface area contributed by atoms with Gasteiger partial charge in [0.15, 0.2) is 0 Å². The Morgan fingerprint density at radius 2 is 2.00 bits per heavy atom. The molecule has 0 saturated heterocycles. The van der Waals surface area contributed by atoms with Crippen molar-refractivity contribution in [2.75, 3.05) is 6.54 Å². The van der Waals surface area contributed by atoms with Crippen LogP contribution in [0.1, 0.15) is 39.7 Å². The first-order chi connectivity index (χ1) is 9.11. The number of fused-ring (bicyclic) bond motifs is 1. The van der Waals surface area contributed by atoms with E-state index >= 15 is 0 Å². The predicted molar refractivity (Wildman–Crippen MR) is 85.9 cm³/mol. The van der Waals surface area contributed by atoms with Crippen LogP contribution in [0.25, 0.3) is 0 Å². The van der Waals surface area contributed by atoms with Crippen molar-refractivity contribution in [3.8, 4) is 0 Å². The van der Waals surface area contributed by atoms with Crippen LogP contribution in [0.2, 0.25) is 0 Å². The molecule has 0 bridgehead atoms. The zero-order valence-electron chi connectivity index (χ0n) is 12.6. The fourth-order valence-electron chi connectivity index (χ4n) is 3.22. The topological polar surface area (TPSA) is 12.0 Å². The van der Waals surface area contributed by atoms with Crippen molar-refractivity contribution in [2.24, 2.45) is 11.8 Å². The maximum atomic E-state index is 3.61. The molecule has 1 aliphatic heterocycles. The Balaban J connectivity index is 1.97. The molecule has 2 heteroatoms. The maximum Gasteiger partial charge on any atom is 0.0139 e. The minimum Gasteiger partial charge on any atom is -0.314 e. The molecule has 0 spiro atoms. The Bertz CT molecular complexity index is 377. The van der Waals surface area contributed by atoms with Crippen LogP contribution < -0.4 is 5.32 Å². The molecule has 1 heterocycles. The first-order valence-electron chi connectivity index (χ1n) is 7.59. The van der Waals surface area contributed by atoms with Gasteiger partial charge in [0.1, 0.15) is 0 Å². The smallest absolute Gasteiger partial charge is 0.0139 e. The Morgan fingerprint density at radius 3 is 2.63 bits per heavy atom. The predicted octanol–water partition coefficient (Wildman–Crippen LogP) is 4.36. The highest BCUT2D eigenvalue weighted by atomic mass is 32.2. The van der Waals surface area contributed by atoms with Gasteiger partial charge in [0.05, 0.1) is 0 Å². The molecular weight excluding hydrogens is 250 g/mol. The van der Waals surface area contributed by atoms with Crippen LogP contribution in [0.5, 0.6) is 0 Å². The minimum absolute atomic E-state index is 0.620. The van der Waals surface area contributed by atoms with Gasteiger partial charge >= 0.3 is 0 Å². The van der Waals surface area contributed by atoms with Crippen molar-refractivity contribution in [1.29, 1.82) is 0 Å². The molecule has 19 heavy (non-hydrogen) atoms. The van der Waals surface area contributed by atoms with Gasteiger partial charge in [-0.25, -0.2) is 0 Å². The Hall–Kier alpha value is -0.470. The molecule has 0 aromatic heterocycles. The van der Waals surface area contributed by atoms with Crippen LogP contribution in [0.3, 0.4) is 0 Å². The Morgan fingerprint density at radius 1 is 1.26 bits per heavy atom. The van der Waals surface area contributed by atoms with Crippen LogP contribution in [0, 0.1) is 11.8 Å². The number of rotatable bonds is 6. The van der Waals surface area contributed by atoms with Crippen molar-refractivity contribution in [1.82, 2.24) is 5.32 Å². The third kappa shape index (κ3) is 3.76. The van der Waals surface area contributed by atoms with Gasteiger partial charge in [-0.3, -0.25) is 0 Å². The van der Waals surface area contributed by atoms with Crippen LogP contribution in [0.15, 0.2) is 29.2 Å². The normalized spacial score (nSPS) is 21.4. The van der Waals surface area contributed by atoms with Gasteiger partial charge in [-0.1, -0.05) is 39.0 Å². The van der Waals surface area contributed by atoms with E-state index in [0.29, 0.717) is 6.04 Å². The average molecular weight is 277 g/mol. The largest absolute Gasteiger partial charge is 0.314 e. The van der Waals surface area contributed by atoms with Crippen molar-refractivity contribution in [3.63, 3.8) is 0 Å². The van der Waals surface area contributed by atoms with Crippen molar-refractivity contribution in [3.05, 3.63) is 29.8 Å². The van der Waals surface area contributed by atoms with Gasteiger partial charge in [0.25, 0.3) is 0 Å². The van der Waals surface area contributed by atoms with Crippen LogP contribution in [-0.2, 0) is 6.42 Å². The zero-order chi connectivity index (χ0) is 13.8. The fraction of sp³-hybridized carbons (Fsp3) is 0.647.